The molecule has 0 saturated heterocycles. The van der Waals surface area contributed by atoms with E-state index in [-0.39, 0.29) is 5.78 Å². The van der Waals surface area contributed by atoms with E-state index < -0.39 is 0 Å². The van der Waals surface area contributed by atoms with Gasteiger partial charge in [0.25, 0.3) is 0 Å². The molecule has 0 unspecified atom stereocenters. The van der Waals surface area contributed by atoms with E-state index in [1.165, 1.54) is 6.92 Å². The van der Waals surface area contributed by atoms with Crippen LogP contribution in [0.1, 0.15) is 23.0 Å². The Morgan fingerprint density at radius 2 is 2.00 bits per heavy atom. The van der Waals surface area contributed by atoms with Crippen molar-refractivity contribution in [1.29, 1.82) is 0 Å². The van der Waals surface area contributed by atoms with Gasteiger partial charge in [-0.05, 0) is 41.9 Å². The van der Waals surface area contributed by atoms with Gasteiger partial charge in [-0.1, -0.05) is 0 Å². The van der Waals surface area contributed by atoms with Gasteiger partial charge in [-0.2, -0.15) is 0 Å². The molecule has 0 atom stereocenters. The zero-order valence-corrected chi connectivity index (χ0v) is 11.0. The van der Waals surface area contributed by atoms with Crippen molar-refractivity contribution in [2.45, 2.75) is 13.8 Å². The van der Waals surface area contributed by atoms with E-state index in [9.17, 15) is 4.79 Å². The molecule has 0 aliphatic rings. The highest BCUT2D eigenvalue weighted by Gasteiger charge is 2.09. The molecule has 0 radical (unpaired) electrons. The predicted molar refractivity (Wildman–Crippen MR) is 67.7 cm³/mol. The van der Waals surface area contributed by atoms with Crippen LogP contribution in [-0.4, -0.2) is 20.7 Å². The van der Waals surface area contributed by atoms with Gasteiger partial charge in [-0.25, -0.2) is 9.97 Å². The average Bonchev–Trinajstić information content (AvgIpc) is 2.29. The molecular weight excluding hydrogens is 282 g/mol. The van der Waals surface area contributed by atoms with Gasteiger partial charge in [-0.3, -0.25) is 9.78 Å². The van der Waals surface area contributed by atoms with E-state index >= 15 is 0 Å². The maximum atomic E-state index is 11.3. The van der Waals surface area contributed by atoms with Gasteiger partial charge in [0.15, 0.2) is 11.6 Å². The van der Waals surface area contributed by atoms with Crippen molar-refractivity contribution >= 4 is 21.7 Å². The van der Waals surface area contributed by atoms with E-state index in [2.05, 4.69) is 30.9 Å². The average molecular weight is 292 g/mol. The molecule has 17 heavy (non-hydrogen) atoms. The number of carbonyl (C=O) groups is 1. The Morgan fingerprint density at radius 3 is 2.53 bits per heavy atom. The van der Waals surface area contributed by atoms with Crippen LogP contribution in [0.3, 0.4) is 0 Å². The normalized spacial score (nSPS) is 10.3. The summed E-state index contributed by atoms with van der Waals surface area (Å²) in [6.45, 7) is 3.30. The molecule has 0 aliphatic heterocycles. The fourth-order valence-corrected chi connectivity index (χ4v) is 1.68. The van der Waals surface area contributed by atoms with Crippen molar-refractivity contribution in [3.05, 3.63) is 40.3 Å². The number of halogens is 1. The third-order valence-corrected chi connectivity index (χ3v) is 2.78. The molecule has 0 fully saturated rings. The number of rotatable bonds is 2. The third kappa shape index (κ3) is 2.55. The molecule has 0 saturated carbocycles. The third-order valence-electron chi connectivity index (χ3n) is 2.32. The molecule has 2 heterocycles. The number of pyridine rings is 1. The molecule has 0 N–H and O–H groups in total. The molecule has 2 aromatic heterocycles. The zero-order chi connectivity index (χ0) is 12.4. The van der Waals surface area contributed by atoms with Crippen LogP contribution in [0.4, 0.5) is 0 Å². The Kier molecular flexibility index (Phi) is 3.28. The van der Waals surface area contributed by atoms with E-state index in [1.54, 1.807) is 19.3 Å². The number of carbonyl (C=O) groups excluding carboxylic acids is 1. The highest BCUT2D eigenvalue weighted by Crippen LogP contribution is 2.16. The van der Waals surface area contributed by atoms with Crippen molar-refractivity contribution in [2.75, 3.05) is 0 Å². The SMILES string of the molecule is CC(=O)c1cnc(-c2ccc(Br)cn2)nc1C. The van der Waals surface area contributed by atoms with Crippen molar-refractivity contribution in [3.63, 3.8) is 0 Å². The van der Waals surface area contributed by atoms with Gasteiger partial charge in [0.05, 0.1) is 11.3 Å². The lowest BCUT2D eigenvalue weighted by Gasteiger charge is -2.03. The van der Waals surface area contributed by atoms with Crippen LogP contribution in [0.2, 0.25) is 0 Å². The summed E-state index contributed by atoms with van der Waals surface area (Å²) in [5.41, 5.74) is 1.91. The van der Waals surface area contributed by atoms with E-state index in [1.807, 2.05) is 12.1 Å². The van der Waals surface area contributed by atoms with Crippen molar-refractivity contribution in [1.82, 2.24) is 15.0 Å². The van der Waals surface area contributed by atoms with Crippen LogP contribution < -0.4 is 0 Å². The second-order valence-corrected chi connectivity index (χ2v) is 4.53. The molecule has 5 heteroatoms. The first-order chi connectivity index (χ1) is 8.08. The van der Waals surface area contributed by atoms with Gasteiger partial charge in [0.2, 0.25) is 0 Å². The van der Waals surface area contributed by atoms with Gasteiger partial charge < -0.3 is 0 Å². The summed E-state index contributed by atoms with van der Waals surface area (Å²) in [7, 11) is 0. The maximum Gasteiger partial charge on any atom is 0.178 e. The van der Waals surface area contributed by atoms with Gasteiger partial charge in [0.1, 0.15) is 5.69 Å². The zero-order valence-electron chi connectivity index (χ0n) is 9.44. The van der Waals surface area contributed by atoms with Gasteiger partial charge in [-0.15, -0.1) is 0 Å². The Bertz CT molecular complexity index is 566. The summed E-state index contributed by atoms with van der Waals surface area (Å²) in [6, 6.07) is 3.70. The Labute approximate surface area is 107 Å². The predicted octanol–water partition coefficient (Wildman–Crippen LogP) is 2.81. The minimum absolute atomic E-state index is 0.0298. The van der Waals surface area contributed by atoms with E-state index in [0.29, 0.717) is 22.8 Å². The minimum Gasteiger partial charge on any atom is -0.294 e. The van der Waals surface area contributed by atoms with Crippen molar-refractivity contribution < 1.29 is 4.79 Å². The van der Waals surface area contributed by atoms with Crippen LogP contribution in [0.5, 0.6) is 0 Å². The lowest BCUT2D eigenvalue weighted by molar-refractivity contribution is 0.101. The summed E-state index contributed by atoms with van der Waals surface area (Å²) in [4.78, 5) is 23.9. The topological polar surface area (TPSA) is 55.7 Å². The number of ketones is 1. The molecule has 0 aromatic carbocycles. The van der Waals surface area contributed by atoms with Gasteiger partial charge in [0, 0.05) is 16.9 Å². The van der Waals surface area contributed by atoms with Crippen molar-refractivity contribution in [2.24, 2.45) is 0 Å². The van der Waals surface area contributed by atoms with Crippen LogP contribution in [0.25, 0.3) is 11.5 Å². The Hall–Kier alpha value is -1.62. The number of aryl methyl sites for hydroxylation is 1. The molecule has 2 aromatic rings. The summed E-state index contributed by atoms with van der Waals surface area (Å²) >= 11 is 3.32. The maximum absolute atomic E-state index is 11.3. The first-order valence-electron chi connectivity index (χ1n) is 5.04. The molecule has 0 amide bonds. The number of hydrogen-bond acceptors (Lipinski definition) is 4. The molecular formula is C12H10BrN3O. The molecule has 0 aliphatic carbocycles. The lowest BCUT2D eigenvalue weighted by atomic mass is 10.2. The second kappa shape index (κ2) is 4.71. The quantitative estimate of drug-likeness (QED) is 0.799. The van der Waals surface area contributed by atoms with Crippen molar-refractivity contribution in [3.8, 4) is 11.5 Å². The highest BCUT2D eigenvalue weighted by molar-refractivity contribution is 9.10. The second-order valence-electron chi connectivity index (χ2n) is 3.61. The van der Waals surface area contributed by atoms with Crippen LogP contribution in [0.15, 0.2) is 29.0 Å². The largest absolute Gasteiger partial charge is 0.294 e. The summed E-state index contributed by atoms with van der Waals surface area (Å²) in [5, 5.41) is 0. The van der Waals surface area contributed by atoms with Gasteiger partial charge >= 0.3 is 0 Å². The number of Topliss-reactive ketones (excluding diaryl/α,β-unsaturated/α-hetero) is 1. The number of hydrogen-bond donors (Lipinski definition) is 0. The first-order valence-corrected chi connectivity index (χ1v) is 5.83. The summed E-state index contributed by atoms with van der Waals surface area (Å²) in [5.74, 6) is 0.498. The van der Waals surface area contributed by atoms with Crippen LogP contribution in [0, 0.1) is 6.92 Å². The summed E-state index contributed by atoms with van der Waals surface area (Å²) in [6.07, 6.45) is 3.23. The lowest BCUT2D eigenvalue weighted by Crippen LogP contribution is -2.02. The first kappa shape index (κ1) is 11.9. The smallest absolute Gasteiger partial charge is 0.178 e. The number of nitrogens with zero attached hydrogens (tertiary/aromatic N) is 3. The standard InChI is InChI=1S/C12H10BrN3O/c1-7-10(8(2)17)6-15-12(16-7)11-4-3-9(13)5-14-11/h3-6H,1-2H3. The minimum atomic E-state index is -0.0298. The molecule has 0 spiro atoms. The fourth-order valence-electron chi connectivity index (χ4n) is 1.44. The van der Waals surface area contributed by atoms with Crippen LogP contribution in [-0.2, 0) is 0 Å². The molecule has 0 bridgehead atoms. The Morgan fingerprint density at radius 1 is 1.24 bits per heavy atom. The number of aromatic nitrogens is 3. The summed E-state index contributed by atoms with van der Waals surface area (Å²) < 4.78 is 0.901. The fraction of sp³-hybridized carbons (Fsp3) is 0.167. The van der Waals surface area contributed by atoms with E-state index in [0.717, 1.165) is 4.47 Å². The molecule has 2 rings (SSSR count). The molecule has 4 nitrogen and oxygen atoms in total. The Balaban J connectivity index is 2.44. The van der Waals surface area contributed by atoms with Crippen LogP contribution >= 0.6 is 15.9 Å². The molecule has 86 valence electrons. The van der Waals surface area contributed by atoms with E-state index in [4.69, 9.17) is 0 Å². The monoisotopic (exact) mass is 291 g/mol. The highest BCUT2D eigenvalue weighted by atomic mass is 79.9.